The van der Waals surface area contributed by atoms with Gasteiger partial charge in [0.15, 0.2) is 5.13 Å². The lowest BCUT2D eigenvalue weighted by Gasteiger charge is -2.24. The van der Waals surface area contributed by atoms with Gasteiger partial charge in [-0.05, 0) is 6.92 Å². The van der Waals surface area contributed by atoms with Crippen molar-refractivity contribution in [1.82, 2.24) is 10.3 Å². The Kier molecular flexibility index (Phi) is 2.28. The molecule has 13 heavy (non-hydrogen) atoms. The highest BCUT2D eigenvalue weighted by Crippen LogP contribution is 2.20. The number of anilines is 1. The Hall–Kier alpha value is -0.940. The summed E-state index contributed by atoms with van der Waals surface area (Å²) in [5.41, 5.74) is 0.978. The lowest BCUT2D eigenvalue weighted by molar-refractivity contribution is -0.118. The fourth-order valence-corrected chi connectivity index (χ4v) is 2.12. The zero-order chi connectivity index (χ0) is 9.26. The summed E-state index contributed by atoms with van der Waals surface area (Å²) >= 11 is 1.53. The number of carbonyl (C=O) groups excluding carboxylic acids is 1. The summed E-state index contributed by atoms with van der Waals surface area (Å²) in [5, 5.41) is 5.81. The Morgan fingerprint density at radius 3 is 3.15 bits per heavy atom. The molecule has 1 amide bonds. The topological polar surface area (TPSA) is 45.2 Å². The van der Waals surface area contributed by atoms with E-state index in [9.17, 15) is 4.79 Å². The second-order valence-electron chi connectivity index (χ2n) is 2.99. The van der Waals surface area contributed by atoms with E-state index >= 15 is 0 Å². The number of carbonyl (C=O) groups is 1. The molecule has 0 aliphatic carbocycles. The molecule has 0 atom stereocenters. The van der Waals surface area contributed by atoms with Gasteiger partial charge in [-0.15, -0.1) is 11.3 Å². The Bertz CT molecular complexity index is 323. The van der Waals surface area contributed by atoms with Gasteiger partial charge in [-0.2, -0.15) is 0 Å². The zero-order valence-corrected chi connectivity index (χ0v) is 8.23. The minimum atomic E-state index is 0.112. The van der Waals surface area contributed by atoms with E-state index in [1.54, 1.807) is 4.90 Å². The summed E-state index contributed by atoms with van der Waals surface area (Å²) in [6.07, 6.45) is 0. The molecule has 1 N–H and O–H groups in total. The van der Waals surface area contributed by atoms with Gasteiger partial charge in [0, 0.05) is 18.5 Å². The third-order valence-electron chi connectivity index (χ3n) is 1.93. The number of rotatable bonds is 1. The first kappa shape index (κ1) is 8.65. The Labute approximate surface area is 80.6 Å². The monoisotopic (exact) mass is 197 g/mol. The normalized spacial score (nSPS) is 17.9. The van der Waals surface area contributed by atoms with Crippen LogP contribution in [0.1, 0.15) is 5.69 Å². The highest BCUT2D eigenvalue weighted by molar-refractivity contribution is 7.14. The number of amides is 1. The number of hydrogen-bond donors (Lipinski definition) is 1. The van der Waals surface area contributed by atoms with Crippen LogP contribution in [-0.4, -0.2) is 30.5 Å². The Morgan fingerprint density at radius 2 is 2.54 bits per heavy atom. The number of piperazine rings is 1. The second kappa shape index (κ2) is 3.43. The molecule has 4 nitrogen and oxygen atoms in total. The van der Waals surface area contributed by atoms with Gasteiger partial charge in [0.25, 0.3) is 0 Å². The van der Waals surface area contributed by atoms with E-state index in [0.717, 1.165) is 23.9 Å². The largest absolute Gasteiger partial charge is 0.307 e. The van der Waals surface area contributed by atoms with Crippen LogP contribution in [0.2, 0.25) is 0 Å². The number of aryl methyl sites for hydroxylation is 1. The predicted octanol–water partition coefficient (Wildman–Crippen LogP) is 0.388. The molecule has 1 aliphatic rings. The van der Waals surface area contributed by atoms with Crippen molar-refractivity contribution in [2.45, 2.75) is 6.92 Å². The van der Waals surface area contributed by atoms with Gasteiger partial charge >= 0.3 is 0 Å². The van der Waals surface area contributed by atoms with Gasteiger partial charge in [0.1, 0.15) is 0 Å². The van der Waals surface area contributed by atoms with Crippen LogP contribution in [0, 0.1) is 6.92 Å². The van der Waals surface area contributed by atoms with Crippen LogP contribution in [0.5, 0.6) is 0 Å². The van der Waals surface area contributed by atoms with E-state index < -0.39 is 0 Å². The maximum absolute atomic E-state index is 11.4. The van der Waals surface area contributed by atoms with Crippen LogP contribution < -0.4 is 10.2 Å². The van der Waals surface area contributed by atoms with E-state index in [0.29, 0.717) is 6.54 Å². The van der Waals surface area contributed by atoms with E-state index in [1.165, 1.54) is 11.3 Å². The highest BCUT2D eigenvalue weighted by atomic mass is 32.1. The van der Waals surface area contributed by atoms with Crippen molar-refractivity contribution in [2.75, 3.05) is 24.5 Å². The maximum Gasteiger partial charge on any atom is 0.242 e. The lowest BCUT2D eigenvalue weighted by atomic mass is 10.4. The molecule has 0 bridgehead atoms. The molecule has 0 radical (unpaired) electrons. The molecule has 1 aliphatic heterocycles. The fourth-order valence-electron chi connectivity index (χ4n) is 1.27. The minimum absolute atomic E-state index is 0.112. The van der Waals surface area contributed by atoms with Crippen LogP contribution in [0.15, 0.2) is 5.38 Å². The third kappa shape index (κ3) is 1.71. The average molecular weight is 197 g/mol. The summed E-state index contributed by atoms with van der Waals surface area (Å²) < 4.78 is 0. The van der Waals surface area contributed by atoms with E-state index in [4.69, 9.17) is 0 Å². The molecule has 1 fully saturated rings. The number of nitrogens with zero attached hydrogens (tertiary/aromatic N) is 2. The molecule has 5 heteroatoms. The van der Waals surface area contributed by atoms with Gasteiger partial charge in [0.2, 0.25) is 5.91 Å². The number of thiazole rings is 1. The van der Waals surface area contributed by atoms with Crippen molar-refractivity contribution in [3.05, 3.63) is 11.1 Å². The maximum atomic E-state index is 11.4. The molecule has 1 aromatic rings. The quantitative estimate of drug-likeness (QED) is 0.708. The van der Waals surface area contributed by atoms with Crippen LogP contribution in [0.3, 0.4) is 0 Å². The minimum Gasteiger partial charge on any atom is -0.307 e. The predicted molar refractivity (Wildman–Crippen MR) is 52.1 cm³/mol. The summed E-state index contributed by atoms with van der Waals surface area (Å²) in [6.45, 7) is 3.95. The van der Waals surface area contributed by atoms with Gasteiger partial charge in [-0.25, -0.2) is 4.98 Å². The van der Waals surface area contributed by atoms with Gasteiger partial charge in [0.05, 0.1) is 12.2 Å². The van der Waals surface area contributed by atoms with Crippen molar-refractivity contribution < 1.29 is 4.79 Å². The molecule has 1 aromatic heterocycles. The summed E-state index contributed by atoms with van der Waals surface area (Å²) in [7, 11) is 0. The molecule has 0 unspecified atom stereocenters. The molecule has 0 saturated carbocycles. The van der Waals surface area contributed by atoms with Crippen LogP contribution >= 0.6 is 11.3 Å². The van der Waals surface area contributed by atoms with Crippen molar-refractivity contribution in [3.8, 4) is 0 Å². The SMILES string of the molecule is Cc1csc(N2CCNCC2=O)n1. The van der Waals surface area contributed by atoms with Crippen molar-refractivity contribution in [1.29, 1.82) is 0 Å². The summed E-state index contributed by atoms with van der Waals surface area (Å²) in [5.74, 6) is 0.112. The molecular weight excluding hydrogens is 186 g/mol. The molecular formula is C8H11N3OS. The van der Waals surface area contributed by atoms with E-state index in [1.807, 2.05) is 12.3 Å². The van der Waals surface area contributed by atoms with E-state index in [-0.39, 0.29) is 5.91 Å². The first-order valence-corrected chi connectivity index (χ1v) is 5.08. The molecule has 70 valence electrons. The van der Waals surface area contributed by atoms with Crippen LogP contribution in [0.25, 0.3) is 0 Å². The van der Waals surface area contributed by atoms with Gasteiger partial charge in [-0.1, -0.05) is 0 Å². The standard InChI is InChI=1S/C8H11N3OS/c1-6-5-13-8(10-6)11-3-2-9-4-7(11)12/h5,9H,2-4H2,1H3. The molecule has 0 spiro atoms. The lowest BCUT2D eigenvalue weighted by Crippen LogP contribution is -2.48. The Morgan fingerprint density at radius 1 is 1.69 bits per heavy atom. The molecule has 1 saturated heterocycles. The zero-order valence-electron chi connectivity index (χ0n) is 7.41. The van der Waals surface area contributed by atoms with Crippen molar-refractivity contribution in [3.63, 3.8) is 0 Å². The second-order valence-corrected chi connectivity index (χ2v) is 3.83. The number of hydrogen-bond acceptors (Lipinski definition) is 4. The first-order chi connectivity index (χ1) is 6.27. The number of aromatic nitrogens is 1. The summed E-state index contributed by atoms with van der Waals surface area (Å²) in [4.78, 5) is 17.5. The van der Waals surface area contributed by atoms with Crippen molar-refractivity contribution >= 4 is 22.4 Å². The summed E-state index contributed by atoms with van der Waals surface area (Å²) in [6, 6.07) is 0. The van der Waals surface area contributed by atoms with Crippen LogP contribution in [-0.2, 0) is 4.79 Å². The molecule has 2 rings (SSSR count). The van der Waals surface area contributed by atoms with E-state index in [2.05, 4.69) is 10.3 Å². The third-order valence-corrected chi connectivity index (χ3v) is 2.91. The molecule has 2 heterocycles. The smallest absolute Gasteiger partial charge is 0.242 e. The molecule has 0 aromatic carbocycles. The average Bonchev–Trinajstić information content (AvgIpc) is 2.53. The van der Waals surface area contributed by atoms with Crippen molar-refractivity contribution in [2.24, 2.45) is 0 Å². The van der Waals surface area contributed by atoms with Crippen LogP contribution in [0.4, 0.5) is 5.13 Å². The first-order valence-electron chi connectivity index (χ1n) is 4.20. The van der Waals surface area contributed by atoms with Gasteiger partial charge in [-0.3, -0.25) is 9.69 Å². The Balaban J connectivity index is 2.19. The number of nitrogens with one attached hydrogen (secondary N) is 1. The van der Waals surface area contributed by atoms with Gasteiger partial charge < -0.3 is 5.32 Å². The highest BCUT2D eigenvalue weighted by Gasteiger charge is 2.21. The fraction of sp³-hybridized carbons (Fsp3) is 0.500.